The molecule has 0 aliphatic rings. The van der Waals surface area contributed by atoms with E-state index >= 15 is 0 Å². The number of aliphatic hydroxyl groups is 1. The van der Waals surface area contributed by atoms with Crippen molar-refractivity contribution < 1.29 is 5.11 Å². The zero-order valence-corrected chi connectivity index (χ0v) is 13.1. The van der Waals surface area contributed by atoms with Crippen molar-refractivity contribution in [3.05, 3.63) is 49.4 Å². The summed E-state index contributed by atoms with van der Waals surface area (Å²) in [6.07, 6.45) is 0.0843. The van der Waals surface area contributed by atoms with E-state index in [2.05, 4.69) is 27.8 Å². The van der Waals surface area contributed by atoms with Crippen LogP contribution in [-0.4, -0.2) is 10.1 Å². The highest BCUT2D eigenvalue weighted by Gasteiger charge is 2.13. The number of aromatic nitrogens is 1. The molecule has 18 heavy (non-hydrogen) atoms. The van der Waals surface area contributed by atoms with Crippen molar-refractivity contribution in [3.63, 3.8) is 0 Å². The van der Waals surface area contributed by atoms with Crippen LogP contribution in [0.1, 0.15) is 32.8 Å². The average Bonchev–Trinajstić information content (AvgIpc) is 2.56. The van der Waals surface area contributed by atoms with Gasteiger partial charge in [-0.3, -0.25) is 0 Å². The molecular weight excluding hydrogens is 310 g/mol. The smallest absolute Gasteiger partial charge is 0.0960 e. The molecule has 2 aromatic rings. The van der Waals surface area contributed by atoms with Crippen LogP contribution in [0.15, 0.2) is 22.7 Å². The van der Waals surface area contributed by atoms with Crippen LogP contribution < -0.4 is 0 Å². The Bertz CT molecular complexity index is 525. The van der Waals surface area contributed by atoms with E-state index in [0.29, 0.717) is 6.42 Å². The van der Waals surface area contributed by atoms with Crippen molar-refractivity contribution in [1.29, 1.82) is 0 Å². The molecule has 0 radical (unpaired) electrons. The summed E-state index contributed by atoms with van der Waals surface area (Å²) in [6.45, 7) is 6.09. The Morgan fingerprint density at radius 2 is 2.00 bits per heavy atom. The number of aryl methyl sites for hydroxylation is 3. The van der Waals surface area contributed by atoms with Crippen molar-refractivity contribution in [1.82, 2.24) is 4.98 Å². The summed E-state index contributed by atoms with van der Waals surface area (Å²) in [5.41, 5.74) is 3.14. The highest BCUT2D eigenvalue weighted by atomic mass is 79.9. The van der Waals surface area contributed by atoms with E-state index in [4.69, 9.17) is 0 Å². The van der Waals surface area contributed by atoms with Crippen LogP contribution in [0.5, 0.6) is 0 Å². The second-order valence-corrected chi connectivity index (χ2v) is 6.73. The summed E-state index contributed by atoms with van der Waals surface area (Å²) in [5, 5.41) is 11.3. The van der Waals surface area contributed by atoms with Crippen molar-refractivity contribution in [2.45, 2.75) is 33.3 Å². The third-order valence-corrected chi connectivity index (χ3v) is 4.44. The molecule has 0 saturated heterocycles. The fourth-order valence-electron chi connectivity index (χ4n) is 1.87. The molecule has 1 aromatic heterocycles. The summed E-state index contributed by atoms with van der Waals surface area (Å²) in [6, 6.07) is 6.02. The molecule has 1 unspecified atom stereocenters. The first-order valence-electron chi connectivity index (χ1n) is 5.84. The third-order valence-electron chi connectivity index (χ3n) is 2.89. The second-order valence-electron chi connectivity index (χ2n) is 4.53. The average molecular weight is 326 g/mol. The van der Waals surface area contributed by atoms with Gasteiger partial charge in [0.05, 0.1) is 16.8 Å². The lowest BCUT2D eigenvalue weighted by Gasteiger charge is -2.10. The van der Waals surface area contributed by atoms with E-state index in [1.807, 2.05) is 32.0 Å². The second kappa shape index (κ2) is 5.51. The Balaban J connectivity index is 2.18. The predicted molar refractivity (Wildman–Crippen MR) is 79.1 cm³/mol. The van der Waals surface area contributed by atoms with E-state index in [1.165, 1.54) is 4.88 Å². The molecule has 1 heterocycles. The Labute approximate surface area is 120 Å². The largest absolute Gasteiger partial charge is 0.388 e. The van der Waals surface area contributed by atoms with Gasteiger partial charge in [-0.05, 0) is 44.0 Å². The maximum Gasteiger partial charge on any atom is 0.0960 e. The fourth-order valence-corrected chi connectivity index (χ4v) is 3.46. The lowest BCUT2D eigenvalue weighted by Crippen LogP contribution is -2.02. The van der Waals surface area contributed by atoms with Gasteiger partial charge in [0.25, 0.3) is 0 Å². The lowest BCUT2D eigenvalue weighted by atomic mass is 10.0. The van der Waals surface area contributed by atoms with Gasteiger partial charge >= 0.3 is 0 Å². The maximum absolute atomic E-state index is 10.3. The maximum atomic E-state index is 10.3. The number of halogens is 1. The molecule has 2 rings (SSSR count). The number of hydrogen-bond acceptors (Lipinski definition) is 3. The molecule has 96 valence electrons. The molecule has 0 aliphatic heterocycles. The third kappa shape index (κ3) is 3.19. The zero-order valence-electron chi connectivity index (χ0n) is 10.7. The zero-order chi connectivity index (χ0) is 13.3. The summed E-state index contributed by atoms with van der Waals surface area (Å²) in [5.74, 6) is 0. The summed E-state index contributed by atoms with van der Waals surface area (Å²) < 4.78 is 1.00. The van der Waals surface area contributed by atoms with Gasteiger partial charge in [0.2, 0.25) is 0 Å². The van der Waals surface area contributed by atoms with E-state index in [1.54, 1.807) is 11.3 Å². The molecule has 0 aliphatic carbocycles. The number of aliphatic hydroxyl groups excluding tert-OH is 1. The molecular formula is C14H16BrNOS. The van der Waals surface area contributed by atoms with Crippen molar-refractivity contribution in [2.24, 2.45) is 0 Å². The number of thiazole rings is 1. The molecule has 0 saturated carbocycles. The summed E-state index contributed by atoms with van der Waals surface area (Å²) >= 11 is 5.12. The molecule has 0 amide bonds. The van der Waals surface area contributed by atoms with Gasteiger partial charge in [0.1, 0.15) is 0 Å². The Kier molecular flexibility index (Phi) is 4.20. The van der Waals surface area contributed by atoms with Crippen LogP contribution in [0.3, 0.4) is 0 Å². The van der Waals surface area contributed by atoms with Gasteiger partial charge in [-0.2, -0.15) is 0 Å². The van der Waals surface area contributed by atoms with Gasteiger partial charge in [0, 0.05) is 15.8 Å². The van der Waals surface area contributed by atoms with E-state index in [-0.39, 0.29) is 0 Å². The first-order chi connectivity index (χ1) is 8.45. The van der Waals surface area contributed by atoms with E-state index in [9.17, 15) is 5.11 Å². The highest BCUT2D eigenvalue weighted by molar-refractivity contribution is 9.10. The minimum atomic E-state index is -0.494. The van der Waals surface area contributed by atoms with Crippen LogP contribution in [0.2, 0.25) is 0 Å². The molecule has 0 fully saturated rings. The highest BCUT2D eigenvalue weighted by Crippen LogP contribution is 2.26. The minimum Gasteiger partial charge on any atom is -0.388 e. The first-order valence-corrected chi connectivity index (χ1v) is 7.44. The van der Waals surface area contributed by atoms with Gasteiger partial charge in [-0.1, -0.05) is 22.0 Å². The predicted octanol–water partition coefficient (Wildman–Crippen LogP) is 4.11. The summed E-state index contributed by atoms with van der Waals surface area (Å²) in [7, 11) is 0. The fraction of sp³-hybridized carbons (Fsp3) is 0.357. The SMILES string of the molecule is Cc1cc(Br)cc(C(O)Cc2nc(C)c(C)s2)c1. The van der Waals surface area contributed by atoms with Crippen LogP contribution in [-0.2, 0) is 6.42 Å². The van der Waals surface area contributed by atoms with Gasteiger partial charge in [-0.15, -0.1) is 11.3 Å². The van der Waals surface area contributed by atoms with Crippen molar-refractivity contribution in [2.75, 3.05) is 0 Å². The molecule has 1 atom stereocenters. The molecule has 0 spiro atoms. The van der Waals surface area contributed by atoms with E-state index < -0.39 is 6.10 Å². The van der Waals surface area contributed by atoms with Crippen LogP contribution in [0.4, 0.5) is 0 Å². The van der Waals surface area contributed by atoms with Crippen LogP contribution >= 0.6 is 27.3 Å². The standard InChI is InChI=1S/C14H16BrNOS/c1-8-4-11(6-12(15)5-8)13(17)7-14-16-9(2)10(3)18-14/h4-6,13,17H,7H2,1-3H3. The monoisotopic (exact) mass is 325 g/mol. The lowest BCUT2D eigenvalue weighted by molar-refractivity contribution is 0.178. The molecule has 1 aromatic carbocycles. The van der Waals surface area contributed by atoms with Gasteiger partial charge < -0.3 is 5.11 Å². The summed E-state index contributed by atoms with van der Waals surface area (Å²) in [4.78, 5) is 5.69. The minimum absolute atomic E-state index is 0.494. The topological polar surface area (TPSA) is 33.1 Å². The van der Waals surface area contributed by atoms with Crippen LogP contribution in [0, 0.1) is 20.8 Å². The van der Waals surface area contributed by atoms with Crippen molar-refractivity contribution >= 4 is 27.3 Å². The molecule has 1 N–H and O–H groups in total. The van der Waals surface area contributed by atoms with E-state index in [0.717, 1.165) is 26.3 Å². The number of benzene rings is 1. The number of nitrogens with zero attached hydrogens (tertiary/aromatic N) is 1. The number of rotatable bonds is 3. The molecule has 4 heteroatoms. The van der Waals surface area contributed by atoms with Gasteiger partial charge in [0.15, 0.2) is 0 Å². The Morgan fingerprint density at radius 3 is 2.56 bits per heavy atom. The Hall–Kier alpha value is -0.710. The van der Waals surface area contributed by atoms with Crippen molar-refractivity contribution in [3.8, 4) is 0 Å². The Morgan fingerprint density at radius 1 is 1.28 bits per heavy atom. The molecule has 2 nitrogen and oxygen atoms in total. The first kappa shape index (κ1) is 13.7. The van der Waals surface area contributed by atoms with Crippen LogP contribution in [0.25, 0.3) is 0 Å². The van der Waals surface area contributed by atoms with Gasteiger partial charge in [-0.25, -0.2) is 4.98 Å². The molecule has 0 bridgehead atoms. The normalized spacial score (nSPS) is 12.7. The quantitative estimate of drug-likeness (QED) is 0.921. The number of hydrogen-bond donors (Lipinski definition) is 1.